The zero-order valence-electron chi connectivity index (χ0n) is 16.7. The van der Waals surface area contributed by atoms with Crippen LogP contribution in [-0.4, -0.2) is 42.8 Å². The summed E-state index contributed by atoms with van der Waals surface area (Å²) in [6, 6.07) is 13.0. The number of hydrogen-bond acceptors (Lipinski definition) is 4. The highest BCUT2D eigenvalue weighted by Gasteiger charge is 2.32. The molecule has 2 aromatic carbocycles. The molecule has 0 spiro atoms. The first-order valence-corrected chi connectivity index (χ1v) is 12.2. The molecule has 29 heavy (non-hydrogen) atoms. The first-order valence-electron chi connectivity index (χ1n) is 9.78. The minimum atomic E-state index is -3.51. The summed E-state index contributed by atoms with van der Waals surface area (Å²) in [4.78, 5) is 15.7. The summed E-state index contributed by atoms with van der Waals surface area (Å²) < 4.78 is 38.6. The number of benzene rings is 2. The van der Waals surface area contributed by atoms with E-state index in [-0.39, 0.29) is 10.8 Å². The first-order chi connectivity index (χ1) is 13.8. The van der Waals surface area contributed by atoms with E-state index in [1.807, 2.05) is 24.3 Å². The van der Waals surface area contributed by atoms with Crippen molar-refractivity contribution in [1.29, 1.82) is 0 Å². The number of amides is 1. The number of carbonyl (C=O) groups excluding carboxylic acids is 1. The van der Waals surface area contributed by atoms with Crippen LogP contribution in [0.3, 0.4) is 0 Å². The third-order valence-electron chi connectivity index (χ3n) is 5.03. The molecule has 4 nitrogen and oxygen atoms in total. The minimum absolute atomic E-state index is 0.0203. The van der Waals surface area contributed by atoms with Crippen LogP contribution in [0.1, 0.15) is 32.3 Å². The quantitative estimate of drug-likeness (QED) is 0.501. The Labute approximate surface area is 176 Å². The van der Waals surface area contributed by atoms with E-state index in [4.69, 9.17) is 0 Å². The molecule has 1 fully saturated rings. The van der Waals surface area contributed by atoms with Gasteiger partial charge in [0.1, 0.15) is 5.82 Å². The molecule has 0 aromatic heterocycles. The van der Waals surface area contributed by atoms with Gasteiger partial charge in [-0.05, 0) is 54.8 Å². The average molecular weight is 436 g/mol. The van der Waals surface area contributed by atoms with E-state index in [0.29, 0.717) is 37.6 Å². The Morgan fingerprint density at radius 1 is 1.07 bits per heavy atom. The SMILES string of the molecule is CC(C)Sc1ccc(CC(=O)N2CCC(S(=O)(=O)c3ccc(F)cc3)CC2)cc1. The molecule has 0 atom stereocenters. The Hall–Kier alpha value is -1.86. The van der Waals surface area contributed by atoms with Gasteiger partial charge in [-0.25, -0.2) is 12.8 Å². The highest BCUT2D eigenvalue weighted by atomic mass is 32.2. The molecule has 0 saturated carbocycles. The van der Waals surface area contributed by atoms with E-state index in [9.17, 15) is 17.6 Å². The monoisotopic (exact) mass is 435 g/mol. The van der Waals surface area contributed by atoms with E-state index in [2.05, 4.69) is 13.8 Å². The van der Waals surface area contributed by atoms with Crippen molar-refractivity contribution < 1.29 is 17.6 Å². The van der Waals surface area contributed by atoms with Crippen LogP contribution in [-0.2, 0) is 21.1 Å². The van der Waals surface area contributed by atoms with E-state index < -0.39 is 20.9 Å². The van der Waals surface area contributed by atoms with Crippen molar-refractivity contribution >= 4 is 27.5 Å². The Balaban J connectivity index is 1.56. The highest BCUT2D eigenvalue weighted by molar-refractivity contribution is 7.99. The van der Waals surface area contributed by atoms with Gasteiger partial charge in [0.05, 0.1) is 16.6 Å². The van der Waals surface area contributed by atoms with Gasteiger partial charge in [-0.15, -0.1) is 11.8 Å². The standard InChI is InChI=1S/C22H26FNO3S2/c1-16(2)28-19-7-3-17(4-8-19)15-22(25)24-13-11-21(12-14-24)29(26,27)20-9-5-18(23)6-10-20/h3-10,16,21H,11-15H2,1-2H3. The van der Waals surface area contributed by atoms with Gasteiger partial charge in [-0.2, -0.15) is 0 Å². The van der Waals surface area contributed by atoms with E-state index in [0.717, 1.165) is 17.7 Å². The van der Waals surface area contributed by atoms with Crippen LogP contribution in [0, 0.1) is 5.82 Å². The fourth-order valence-electron chi connectivity index (χ4n) is 3.48. The Bertz CT molecular complexity index is 933. The third kappa shape index (κ3) is 5.60. The molecule has 0 aliphatic carbocycles. The molecular weight excluding hydrogens is 409 g/mol. The summed E-state index contributed by atoms with van der Waals surface area (Å²) in [7, 11) is -3.51. The van der Waals surface area contributed by atoms with E-state index in [1.165, 1.54) is 17.0 Å². The number of likely N-dealkylation sites (tertiary alicyclic amines) is 1. The lowest BCUT2D eigenvalue weighted by atomic mass is 10.1. The van der Waals surface area contributed by atoms with Crippen molar-refractivity contribution in [2.24, 2.45) is 0 Å². The van der Waals surface area contributed by atoms with Crippen molar-refractivity contribution in [3.63, 3.8) is 0 Å². The summed E-state index contributed by atoms with van der Waals surface area (Å²) in [5.74, 6) is -0.438. The van der Waals surface area contributed by atoms with Gasteiger partial charge in [0.15, 0.2) is 9.84 Å². The molecule has 1 aliphatic rings. The van der Waals surface area contributed by atoms with Crippen molar-refractivity contribution in [2.75, 3.05) is 13.1 Å². The van der Waals surface area contributed by atoms with E-state index >= 15 is 0 Å². The number of nitrogens with zero attached hydrogens (tertiary/aromatic N) is 1. The highest BCUT2D eigenvalue weighted by Crippen LogP contribution is 2.26. The molecule has 156 valence electrons. The average Bonchev–Trinajstić information content (AvgIpc) is 2.69. The number of carbonyl (C=O) groups is 1. The summed E-state index contributed by atoms with van der Waals surface area (Å²) in [6.45, 7) is 5.13. The predicted molar refractivity (Wildman–Crippen MR) is 114 cm³/mol. The fourth-order valence-corrected chi connectivity index (χ4v) is 6.05. The van der Waals surface area contributed by atoms with Crippen LogP contribution in [0.4, 0.5) is 4.39 Å². The number of halogens is 1. The number of hydrogen-bond donors (Lipinski definition) is 0. The van der Waals surface area contributed by atoms with Gasteiger partial charge >= 0.3 is 0 Å². The number of rotatable bonds is 6. The molecule has 1 saturated heterocycles. The molecule has 0 bridgehead atoms. The molecule has 2 aromatic rings. The number of piperidine rings is 1. The van der Waals surface area contributed by atoms with Gasteiger partial charge in [-0.1, -0.05) is 26.0 Å². The van der Waals surface area contributed by atoms with Gasteiger partial charge < -0.3 is 4.90 Å². The molecule has 0 N–H and O–H groups in total. The van der Waals surface area contributed by atoms with Gasteiger partial charge in [0.2, 0.25) is 5.91 Å². The van der Waals surface area contributed by atoms with E-state index in [1.54, 1.807) is 16.7 Å². The normalized spacial score (nSPS) is 15.7. The zero-order valence-corrected chi connectivity index (χ0v) is 18.3. The summed E-state index contributed by atoms with van der Waals surface area (Å²) in [5.41, 5.74) is 0.962. The number of thioether (sulfide) groups is 1. The molecule has 7 heteroatoms. The second-order valence-corrected chi connectivity index (χ2v) is 11.4. The Morgan fingerprint density at radius 2 is 1.66 bits per heavy atom. The molecule has 1 aliphatic heterocycles. The second-order valence-electron chi connectivity index (χ2n) is 7.57. The molecule has 1 amide bonds. The van der Waals surface area contributed by atoms with Crippen molar-refractivity contribution in [3.05, 3.63) is 59.9 Å². The van der Waals surface area contributed by atoms with Gasteiger partial charge in [0, 0.05) is 23.2 Å². The topological polar surface area (TPSA) is 54.5 Å². The fraction of sp³-hybridized carbons (Fsp3) is 0.409. The molecule has 1 heterocycles. The summed E-state index contributed by atoms with van der Waals surface area (Å²) in [6.07, 6.45) is 1.12. The predicted octanol–water partition coefficient (Wildman–Crippen LogP) is 4.33. The smallest absolute Gasteiger partial charge is 0.226 e. The third-order valence-corrected chi connectivity index (χ3v) is 8.32. The van der Waals surface area contributed by atoms with Crippen LogP contribution >= 0.6 is 11.8 Å². The van der Waals surface area contributed by atoms with Crippen LogP contribution in [0.25, 0.3) is 0 Å². The van der Waals surface area contributed by atoms with Gasteiger partial charge in [0.25, 0.3) is 0 Å². The second kappa shape index (κ2) is 9.30. The lowest BCUT2D eigenvalue weighted by molar-refractivity contribution is -0.131. The molecule has 0 radical (unpaired) electrons. The van der Waals surface area contributed by atoms with Crippen LogP contribution in [0.2, 0.25) is 0 Å². The molecular formula is C22H26FNO3S2. The van der Waals surface area contributed by atoms with Gasteiger partial charge in [-0.3, -0.25) is 4.79 Å². The largest absolute Gasteiger partial charge is 0.342 e. The maximum atomic E-state index is 13.1. The number of sulfone groups is 1. The maximum Gasteiger partial charge on any atom is 0.226 e. The van der Waals surface area contributed by atoms with Crippen LogP contribution in [0.15, 0.2) is 58.3 Å². The van der Waals surface area contributed by atoms with Crippen LogP contribution < -0.4 is 0 Å². The van der Waals surface area contributed by atoms with Crippen molar-refractivity contribution in [3.8, 4) is 0 Å². The molecule has 0 unspecified atom stereocenters. The van der Waals surface area contributed by atoms with Crippen molar-refractivity contribution in [2.45, 2.75) is 53.4 Å². The Morgan fingerprint density at radius 3 is 2.21 bits per heavy atom. The maximum absolute atomic E-state index is 13.1. The lowest BCUT2D eigenvalue weighted by Gasteiger charge is -2.32. The first kappa shape index (κ1) is 21.8. The summed E-state index contributed by atoms with van der Waals surface area (Å²) in [5, 5.41) is -0.0284. The lowest BCUT2D eigenvalue weighted by Crippen LogP contribution is -2.43. The molecule has 3 rings (SSSR count). The van der Waals surface area contributed by atoms with Crippen LogP contribution in [0.5, 0.6) is 0 Å². The summed E-state index contributed by atoms with van der Waals surface area (Å²) >= 11 is 1.78. The minimum Gasteiger partial charge on any atom is -0.342 e. The van der Waals surface area contributed by atoms with Crippen molar-refractivity contribution in [1.82, 2.24) is 4.90 Å². The Kier molecular flexibility index (Phi) is 7.01. The zero-order chi connectivity index (χ0) is 21.0.